The molecular formula is C33H62N3O6P. The van der Waals surface area contributed by atoms with E-state index in [2.05, 4.69) is 38.3 Å². The molecule has 0 aromatic heterocycles. The van der Waals surface area contributed by atoms with Gasteiger partial charge in [-0.05, 0) is 38.5 Å². The SMILES string of the molecule is C=C(O)CCCCCCCCCCCCCCCCCCC(=O)N[C@@H](CCC(=O)NCCCC[C@H](NP)C(=O)O)C(=C)O. The number of aliphatic hydroxyl groups is 2. The van der Waals surface area contributed by atoms with Gasteiger partial charge in [-0.1, -0.05) is 112 Å². The predicted octanol–water partition coefficient (Wildman–Crippen LogP) is 7.54. The summed E-state index contributed by atoms with van der Waals surface area (Å²) in [7, 11) is 2.21. The van der Waals surface area contributed by atoms with Gasteiger partial charge in [0.2, 0.25) is 11.8 Å². The summed E-state index contributed by atoms with van der Waals surface area (Å²) in [5, 5.41) is 36.2. The van der Waals surface area contributed by atoms with E-state index in [-0.39, 0.29) is 30.4 Å². The molecule has 0 saturated carbocycles. The number of unbranched alkanes of at least 4 members (excludes halogenated alkanes) is 16. The van der Waals surface area contributed by atoms with Crippen molar-refractivity contribution in [2.24, 2.45) is 0 Å². The first kappa shape index (κ1) is 40.9. The van der Waals surface area contributed by atoms with Crippen molar-refractivity contribution in [2.45, 2.75) is 160 Å². The Bertz CT molecular complexity index is 780. The molecule has 10 heteroatoms. The number of aliphatic carboxylic acids is 1. The molecule has 43 heavy (non-hydrogen) atoms. The van der Waals surface area contributed by atoms with E-state index in [4.69, 9.17) is 10.2 Å². The van der Waals surface area contributed by atoms with Crippen molar-refractivity contribution in [1.29, 1.82) is 0 Å². The van der Waals surface area contributed by atoms with Gasteiger partial charge in [-0.3, -0.25) is 19.5 Å². The van der Waals surface area contributed by atoms with Gasteiger partial charge in [-0.2, -0.15) is 0 Å². The fourth-order valence-corrected chi connectivity index (χ4v) is 5.33. The molecule has 0 aromatic carbocycles. The highest BCUT2D eigenvalue weighted by Gasteiger charge is 2.17. The van der Waals surface area contributed by atoms with Crippen molar-refractivity contribution in [3.8, 4) is 0 Å². The third-order valence-corrected chi connectivity index (χ3v) is 8.16. The smallest absolute Gasteiger partial charge is 0.320 e. The Kier molecular flexibility index (Phi) is 27.2. The number of carbonyl (C=O) groups excluding carboxylic acids is 2. The first-order valence-corrected chi connectivity index (χ1v) is 17.2. The average molecular weight is 628 g/mol. The molecule has 0 radical (unpaired) electrons. The first-order chi connectivity index (χ1) is 20.7. The van der Waals surface area contributed by atoms with E-state index < -0.39 is 18.1 Å². The highest BCUT2D eigenvalue weighted by Crippen LogP contribution is 2.15. The monoisotopic (exact) mass is 627 g/mol. The van der Waals surface area contributed by atoms with Crippen LogP contribution in [0.15, 0.2) is 24.7 Å². The number of hydrogen-bond acceptors (Lipinski definition) is 6. The van der Waals surface area contributed by atoms with Gasteiger partial charge in [0, 0.05) is 25.8 Å². The molecule has 250 valence electrons. The third kappa shape index (κ3) is 27.2. The molecule has 0 spiro atoms. The Hall–Kier alpha value is -2.12. The lowest BCUT2D eigenvalue weighted by Gasteiger charge is -2.17. The fourth-order valence-electron chi connectivity index (χ4n) is 5.02. The second-order valence-corrected chi connectivity index (χ2v) is 12.1. The van der Waals surface area contributed by atoms with Gasteiger partial charge in [0.1, 0.15) is 11.8 Å². The summed E-state index contributed by atoms with van der Waals surface area (Å²) in [6.07, 6.45) is 22.8. The van der Waals surface area contributed by atoms with Crippen molar-refractivity contribution < 1.29 is 29.7 Å². The zero-order chi connectivity index (χ0) is 32.1. The molecule has 0 aliphatic rings. The van der Waals surface area contributed by atoms with E-state index in [1.807, 2.05) is 0 Å². The lowest BCUT2D eigenvalue weighted by atomic mass is 10.0. The average Bonchev–Trinajstić information content (AvgIpc) is 2.95. The molecular weight excluding hydrogens is 565 g/mol. The van der Waals surface area contributed by atoms with Crippen LogP contribution in [0, 0.1) is 0 Å². The Morgan fingerprint density at radius 2 is 1.02 bits per heavy atom. The van der Waals surface area contributed by atoms with Crippen LogP contribution in [-0.4, -0.2) is 51.7 Å². The van der Waals surface area contributed by atoms with Crippen LogP contribution in [0.3, 0.4) is 0 Å². The lowest BCUT2D eigenvalue weighted by molar-refractivity contribution is -0.139. The molecule has 0 aromatic rings. The number of allylic oxidation sites excluding steroid dienone is 1. The first-order valence-electron chi connectivity index (χ1n) is 16.7. The van der Waals surface area contributed by atoms with Gasteiger partial charge in [-0.25, -0.2) is 0 Å². The largest absolute Gasteiger partial charge is 0.513 e. The Balaban J connectivity index is 3.68. The molecule has 9 nitrogen and oxygen atoms in total. The maximum atomic E-state index is 12.3. The van der Waals surface area contributed by atoms with E-state index >= 15 is 0 Å². The Labute approximate surface area is 263 Å². The summed E-state index contributed by atoms with van der Waals surface area (Å²) < 4.78 is 0. The third-order valence-electron chi connectivity index (χ3n) is 7.76. The molecule has 0 aliphatic carbocycles. The van der Waals surface area contributed by atoms with Gasteiger partial charge in [0.15, 0.2) is 0 Å². The predicted molar refractivity (Wildman–Crippen MR) is 179 cm³/mol. The second-order valence-electron chi connectivity index (χ2n) is 11.8. The molecule has 0 aliphatic heterocycles. The minimum absolute atomic E-state index is 0.135. The molecule has 0 saturated heterocycles. The Morgan fingerprint density at radius 1 is 0.558 bits per heavy atom. The normalized spacial score (nSPS) is 12.4. The van der Waals surface area contributed by atoms with Gasteiger partial charge in [0.05, 0.1) is 11.8 Å². The maximum absolute atomic E-state index is 12.3. The van der Waals surface area contributed by atoms with Crippen LogP contribution < -0.4 is 15.7 Å². The summed E-state index contributed by atoms with van der Waals surface area (Å²) in [6, 6.07) is -1.26. The lowest BCUT2D eigenvalue weighted by Crippen LogP contribution is -2.37. The Morgan fingerprint density at radius 3 is 1.44 bits per heavy atom. The summed E-state index contributed by atoms with van der Waals surface area (Å²) >= 11 is 0. The molecule has 3 atom stereocenters. The minimum atomic E-state index is -0.902. The van der Waals surface area contributed by atoms with Gasteiger partial charge >= 0.3 is 5.97 Å². The number of aliphatic hydroxyl groups excluding tert-OH is 2. The van der Waals surface area contributed by atoms with Crippen LogP contribution in [0.5, 0.6) is 0 Å². The zero-order valence-electron chi connectivity index (χ0n) is 26.7. The number of nitrogens with one attached hydrogen (secondary N) is 3. The van der Waals surface area contributed by atoms with Crippen molar-refractivity contribution in [2.75, 3.05) is 6.54 Å². The highest BCUT2D eigenvalue weighted by atomic mass is 31.0. The molecule has 0 bridgehead atoms. The molecule has 0 fully saturated rings. The number of rotatable bonds is 31. The fraction of sp³-hybridized carbons (Fsp3) is 0.788. The van der Waals surface area contributed by atoms with Crippen molar-refractivity contribution in [3.05, 3.63) is 24.7 Å². The second kappa shape index (κ2) is 28.6. The number of amides is 2. The maximum Gasteiger partial charge on any atom is 0.320 e. The van der Waals surface area contributed by atoms with E-state index in [1.165, 1.54) is 77.0 Å². The van der Waals surface area contributed by atoms with Gasteiger partial charge in [-0.15, -0.1) is 0 Å². The van der Waals surface area contributed by atoms with Crippen LogP contribution in [0.25, 0.3) is 0 Å². The van der Waals surface area contributed by atoms with E-state index in [0.29, 0.717) is 38.0 Å². The standard InChI is InChI=1S/C33H62N3O6P/c1-27(37)21-17-15-13-11-9-7-5-3-4-6-8-10-12-14-16-18-23-32(40)35-29(28(2)38)24-25-31(39)34-26-20-19-22-30(36-43)33(41)42/h29-30,36-38H,1-26,43H2,(H,34,39)(H,35,40)(H,41,42)/t29-,30-/m0/s1. The molecule has 2 amide bonds. The topological polar surface area (TPSA) is 148 Å². The minimum Gasteiger partial charge on any atom is -0.513 e. The van der Waals surface area contributed by atoms with Crippen LogP contribution in [0.2, 0.25) is 0 Å². The zero-order valence-corrected chi connectivity index (χ0v) is 27.8. The molecule has 0 rings (SSSR count). The number of carbonyl (C=O) groups is 3. The van der Waals surface area contributed by atoms with E-state index in [0.717, 1.165) is 32.1 Å². The molecule has 1 unspecified atom stereocenters. The summed E-state index contributed by atoms with van der Waals surface area (Å²) in [5.74, 6) is -1.05. The number of carboxylic acid groups (broad SMARTS) is 1. The summed E-state index contributed by atoms with van der Waals surface area (Å²) in [6.45, 7) is 7.52. The van der Waals surface area contributed by atoms with E-state index in [9.17, 15) is 19.5 Å². The number of hydrogen-bond donors (Lipinski definition) is 6. The molecule has 0 heterocycles. The number of carboxylic acids is 1. The quantitative estimate of drug-likeness (QED) is 0.0264. The molecule has 6 N–H and O–H groups in total. The van der Waals surface area contributed by atoms with Crippen LogP contribution in [-0.2, 0) is 14.4 Å². The van der Waals surface area contributed by atoms with Crippen molar-refractivity contribution in [3.63, 3.8) is 0 Å². The van der Waals surface area contributed by atoms with Crippen LogP contribution in [0.4, 0.5) is 0 Å². The van der Waals surface area contributed by atoms with Crippen LogP contribution in [0.1, 0.15) is 148 Å². The van der Waals surface area contributed by atoms with Crippen molar-refractivity contribution >= 4 is 27.2 Å². The highest BCUT2D eigenvalue weighted by molar-refractivity contribution is 7.13. The van der Waals surface area contributed by atoms with Gasteiger partial charge < -0.3 is 26.0 Å². The summed E-state index contributed by atoms with van der Waals surface area (Å²) in [5.41, 5.74) is 0. The van der Waals surface area contributed by atoms with Crippen molar-refractivity contribution in [1.82, 2.24) is 15.7 Å². The van der Waals surface area contributed by atoms with E-state index in [1.54, 1.807) is 0 Å². The summed E-state index contributed by atoms with van der Waals surface area (Å²) in [4.78, 5) is 35.4. The van der Waals surface area contributed by atoms with Crippen LogP contribution >= 0.6 is 9.39 Å². The van der Waals surface area contributed by atoms with Gasteiger partial charge in [0.25, 0.3) is 0 Å².